The number of halogens is 2. The van der Waals surface area contributed by atoms with Crippen molar-refractivity contribution >= 4 is 40.7 Å². The second-order valence-electron chi connectivity index (χ2n) is 14.7. The van der Waals surface area contributed by atoms with E-state index in [0.29, 0.717) is 57.0 Å². The molecule has 2 unspecified atom stereocenters. The topological polar surface area (TPSA) is 108 Å². The maximum atomic E-state index is 13.9. The zero-order valence-corrected chi connectivity index (χ0v) is 28.7. The van der Waals surface area contributed by atoms with Crippen LogP contribution in [0.5, 0.6) is 0 Å². The molecule has 2 atom stereocenters. The predicted molar refractivity (Wildman–Crippen MR) is 173 cm³/mol. The Bertz CT molecular complexity index is 1090. The van der Waals surface area contributed by atoms with E-state index in [1.807, 2.05) is 79.7 Å². The highest BCUT2D eigenvalue weighted by molar-refractivity contribution is 6.18. The third kappa shape index (κ3) is 8.35. The molecule has 2 amide bonds. The van der Waals surface area contributed by atoms with Gasteiger partial charge in [-0.2, -0.15) is 10.1 Å². The molecule has 0 aromatic heterocycles. The Kier molecular flexibility index (Phi) is 11.5. The SMILES string of the molecule is CC1(C)CC(NC(=O)C(Cc2ccc(N(CCCl)CCCl)cc2)NC(=O)C2CCC(C)(C)N(O)C2(C)C)CC(C)(C)N1O. The van der Waals surface area contributed by atoms with Gasteiger partial charge in [0.05, 0.1) is 11.5 Å². The van der Waals surface area contributed by atoms with Gasteiger partial charge in [-0.15, -0.1) is 23.2 Å². The highest BCUT2D eigenvalue weighted by Crippen LogP contribution is 2.41. The van der Waals surface area contributed by atoms with Crippen molar-refractivity contribution in [3.63, 3.8) is 0 Å². The van der Waals surface area contributed by atoms with Crippen molar-refractivity contribution in [2.45, 2.75) is 122 Å². The van der Waals surface area contributed by atoms with Gasteiger partial charge in [-0.05, 0) is 98.8 Å². The Morgan fingerprint density at radius 3 is 1.95 bits per heavy atom. The molecule has 2 saturated heterocycles. The third-order valence-electron chi connectivity index (χ3n) is 9.40. The Balaban J connectivity index is 1.85. The van der Waals surface area contributed by atoms with Crippen LogP contribution in [0.2, 0.25) is 0 Å². The minimum Gasteiger partial charge on any atom is -0.369 e. The number of amides is 2. The molecule has 244 valence electrons. The first-order valence-electron chi connectivity index (χ1n) is 15.4. The average molecular weight is 643 g/mol. The van der Waals surface area contributed by atoms with Crippen molar-refractivity contribution in [1.29, 1.82) is 0 Å². The first kappa shape index (κ1) is 35.9. The number of piperidine rings is 2. The van der Waals surface area contributed by atoms with Gasteiger partial charge in [-0.3, -0.25) is 9.59 Å². The summed E-state index contributed by atoms with van der Waals surface area (Å²) in [7, 11) is 0. The van der Waals surface area contributed by atoms with Gasteiger partial charge in [0.1, 0.15) is 6.04 Å². The largest absolute Gasteiger partial charge is 0.369 e. The maximum absolute atomic E-state index is 13.9. The van der Waals surface area contributed by atoms with Crippen molar-refractivity contribution < 1.29 is 20.0 Å². The number of hydrogen-bond donors (Lipinski definition) is 4. The van der Waals surface area contributed by atoms with E-state index in [0.717, 1.165) is 11.3 Å². The second-order valence-corrected chi connectivity index (χ2v) is 15.5. The van der Waals surface area contributed by atoms with E-state index in [2.05, 4.69) is 15.5 Å². The summed E-state index contributed by atoms with van der Waals surface area (Å²) in [4.78, 5) is 29.8. The van der Waals surface area contributed by atoms with Crippen molar-refractivity contribution in [3.8, 4) is 0 Å². The number of alkyl halides is 2. The lowest BCUT2D eigenvalue weighted by Gasteiger charge is -2.52. The molecular weight excluding hydrogens is 589 g/mol. The van der Waals surface area contributed by atoms with Crippen LogP contribution in [0.25, 0.3) is 0 Å². The van der Waals surface area contributed by atoms with E-state index in [1.54, 1.807) is 0 Å². The maximum Gasteiger partial charge on any atom is 0.243 e. The quantitative estimate of drug-likeness (QED) is 0.247. The van der Waals surface area contributed by atoms with Gasteiger partial charge in [-0.25, -0.2) is 0 Å². The molecule has 0 aliphatic carbocycles. The number of carbonyl (C=O) groups excluding carboxylic acids is 2. The minimum absolute atomic E-state index is 0.179. The normalized spacial score (nSPS) is 24.2. The van der Waals surface area contributed by atoms with Crippen molar-refractivity contribution in [3.05, 3.63) is 29.8 Å². The molecule has 4 N–H and O–H groups in total. The number of carbonyl (C=O) groups is 2. The van der Waals surface area contributed by atoms with Crippen molar-refractivity contribution in [1.82, 2.24) is 20.8 Å². The zero-order chi connectivity index (χ0) is 32.4. The molecule has 0 saturated carbocycles. The molecule has 2 heterocycles. The fourth-order valence-corrected chi connectivity index (χ4v) is 7.55. The standard InChI is InChI=1S/C32H53Cl2N5O4/c1-29(2)14-13-25(32(7,8)39(29)43)27(40)36-26(19-22-9-11-24(12-10-22)37(17-15-33)18-16-34)28(41)35-23-20-30(3,4)38(42)31(5,6)21-23/h9-12,23,25-26,42-43H,13-21H2,1-8H3,(H,35,41)(H,36,40). The molecule has 11 heteroatoms. The molecule has 0 spiro atoms. The number of hydrogen-bond acceptors (Lipinski definition) is 7. The summed E-state index contributed by atoms with van der Waals surface area (Å²) < 4.78 is 0. The first-order chi connectivity index (χ1) is 19.9. The van der Waals surface area contributed by atoms with Crippen LogP contribution < -0.4 is 15.5 Å². The average Bonchev–Trinajstić information content (AvgIpc) is 2.90. The van der Waals surface area contributed by atoms with Gasteiger partial charge in [0.2, 0.25) is 11.8 Å². The van der Waals surface area contributed by atoms with E-state index in [4.69, 9.17) is 23.2 Å². The highest BCUT2D eigenvalue weighted by atomic mass is 35.5. The molecular formula is C32H53Cl2N5O4. The van der Waals surface area contributed by atoms with E-state index >= 15 is 0 Å². The number of nitrogens with zero attached hydrogens (tertiary/aromatic N) is 3. The van der Waals surface area contributed by atoms with Crippen molar-refractivity contribution in [2.24, 2.45) is 5.92 Å². The van der Waals surface area contributed by atoms with E-state index < -0.39 is 34.1 Å². The van der Waals surface area contributed by atoms with Crippen molar-refractivity contribution in [2.75, 3.05) is 29.7 Å². The van der Waals surface area contributed by atoms with Gasteiger partial charge >= 0.3 is 0 Å². The number of anilines is 1. The van der Waals surface area contributed by atoms with Crippen LogP contribution in [0, 0.1) is 5.92 Å². The third-order valence-corrected chi connectivity index (χ3v) is 9.74. The van der Waals surface area contributed by atoms with Gasteiger partial charge in [0.25, 0.3) is 0 Å². The highest BCUT2D eigenvalue weighted by Gasteiger charge is 2.50. The molecule has 1 aromatic rings. The lowest BCUT2D eigenvalue weighted by atomic mass is 9.73. The van der Waals surface area contributed by atoms with Crippen LogP contribution >= 0.6 is 23.2 Å². The lowest BCUT2D eigenvalue weighted by Crippen LogP contribution is -2.65. The number of nitrogens with one attached hydrogen (secondary N) is 2. The molecule has 1 aromatic carbocycles. The molecule has 0 bridgehead atoms. The zero-order valence-electron chi connectivity index (χ0n) is 27.2. The summed E-state index contributed by atoms with van der Waals surface area (Å²) in [5.74, 6) is -0.0529. The summed E-state index contributed by atoms with van der Waals surface area (Å²) in [5, 5.41) is 30.7. The second kappa shape index (κ2) is 13.8. The van der Waals surface area contributed by atoms with Gasteiger partial charge in [0, 0.05) is 59.6 Å². The smallest absolute Gasteiger partial charge is 0.243 e. The van der Waals surface area contributed by atoms with Crippen LogP contribution in [-0.4, -0.2) is 91.4 Å². The molecule has 2 aliphatic heterocycles. The molecule has 43 heavy (non-hydrogen) atoms. The van der Waals surface area contributed by atoms with Gasteiger partial charge in [-0.1, -0.05) is 12.1 Å². The summed E-state index contributed by atoms with van der Waals surface area (Å²) >= 11 is 12.0. The number of rotatable bonds is 11. The van der Waals surface area contributed by atoms with Crippen LogP contribution in [0.3, 0.4) is 0 Å². The van der Waals surface area contributed by atoms with Crippen LogP contribution in [0.4, 0.5) is 5.69 Å². The summed E-state index contributed by atoms with van der Waals surface area (Å²) in [5.41, 5.74) is -0.443. The predicted octanol–water partition coefficient (Wildman–Crippen LogP) is 5.18. The minimum atomic E-state index is -0.823. The number of benzene rings is 1. The Morgan fingerprint density at radius 1 is 0.907 bits per heavy atom. The molecule has 0 radical (unpaired) electrons. The summed E-state index contributed by atoms with van der Waals surface area (Å²) in [6.45, 7) is 16.8. The fraction of sp³-hybridized carbons (Fsp3) is 0.750. The van der Waals surface area contributed by atoms with Crippen LogP contribution in [-0.2, 0) is 16.0 Å². The fourth-order valence-electron chi connectivity index (χ4n) is 7.14. The summed E-state index contributed by atoms with van der Waals surface area (Å²) in [6, 6.07) is 6.91. The van der Waals surface area contributed by atoms with Crippen LogP contribution in [0.1, 0.15) is 86.6 Å². The molecule has 9 nitrogen and oxygen atoms in total. The Labute approximate surface area is 268 Å². The first-order valence-corrected chi connectivity index (χ1v) is 16.5. The molecule has 2 aliphatic rings. The van der Waals surface area contributed by atoms with E-state index in [1.165, 1.54) is 10.1 Å². The number of hydroxylamine groups is 4. The van der Waals surface area contributed by atoms with Gasteiger partial charge < -0.3 is 25.9 Å². The molecule has 2 fully saturated rings. The Morgan fingerprint density at radius 2 is 1.44 bits per heavy atom. The van der Waals surface area contributed by atoms with Gasteiger partial charge in [0.15, 0.2) is 0 Å². The van der Waals surface area contributed by atoms with E-state index in [9.17, 15) is 20.0 Å². The van der Waals surface area contributed by atoms with Crippen LogP contribution in [0.15, 0.2) is 24.3 Å². The van der Waals surface area contributed by atoms with E-state index in [-0.39, 0.29) is 17.9 Å². The monoisotopic (exact) mass is 641 g/mol. The molecule has 3 rings (SSSR count). The summed E-state index contributed by atoms with van der Waals surface area (Å²) in [6.07, 6.45) is 2.68. The lowest BCUT2D eigenvalue weighted by molar-refractivity contribution is -0.256. The Hall–Kier alpha value is -1.62.